The Labute approximate surface area is 318 Å². The predicted octanol–water partition coefficient (Wildman–Crippen LogP) is 5.82. The first kappa shape index (κ1) is 37.6. The fourth-order valence-electron chi connectivity index (χ4n) is 7.29. The molecular formula is C45H47INOPSi. The SMILES string of the molecule is CC(=Cc1ccncc1)C(CC[P+](c1ccccc1)(c1ccccc1)c1ccccc1)O[Si](c1ccccc1)(c1ccccc1)C(C)(C)C.[I-]. The molecule has 0 aliphatic carbocycles. The zero-order valence-electron chi connectivity index (χ0n) is 29.5. The van der Waals surface area contributed by atoms with Gasteiger partial charge in [0, 0.05) is 18.8 Å². The number of halogens is 1. The van der Waals surface area contributed by atoms with E-state index in [9.17, 15) is 0 Å². The number of benzene rings is 5. The molecule has 5 heteroatoms. The van der Waals surface area contributed by atoms with Crippen molar-refractivity contribution >= 4 is 47.9 Å². The fraction of sp³-hybridized carbons (Fsp3) is 0.178. The predicted molar refractivity (Wildman–Crippen MR) is 215 cm³/mol. The molecule has 1 atom stereocenters. The van der Waals surface area contributed by atoms with E-state index in [-0.39, 0.29) is 35.1 Å². The first-order valence-electron chi connectivity index (χ1n) is 17.3. The molecule has 0 amide bonds. The summed E-state index contributed by atoms with van der Waals surface area (Å²) in [6.07, 6.45) is 7.74. The molecule has 0 aliphatic rings. The van der Waals surface area contributed by atoms with Crippen LogP contribution in [0.15, 0.2) is 182 Å². The van der Waals surface area contributed by atoms with Gasteiger partial charge in [-0.05, 0) is 82.0 Å². The molecule has 0 N–H and O–H groups in total. The third kappa shape index (κ3) is 7.95. The highest BCUT2D eigenvalue weighted by atomic mass is 127. The highest BCUT2D eigenvalue weighted by Gasteiger charge is 2.52. The Bertz CT molecular complexity index is 1780. The van der Waals surface area contributed by atoms with E-state index < -0.39 is 15.6 Å². The molecule has 0 saturated heterocycles. The lowest BCUT2D eigenvalue weighted by Gasteiger charge is -2.45. The van der Waals surface area contributed by atoms with Crippen molar-refractivity contribution in [3.63, 3.8) is 0 Å². The minimum atomic E-state index is -2.87. The molecule has 5 aromatic carbocycles. The first-order chi connectivity index (χ1) is 23.8. The van der Waals surface area contributed by atoms with E-state index in [1.165, 1.54) is 31.9 Å². The van der Waals surface area contributed by atoms with Gasteiger partial charge in [0.1, 0.15) is 23.2 Å². The van der Waals surface area contributed by atoms with Crippen molar-refractivity contribution in [2.45, 2.75) is 45.3 Å². The molecule has 0 fully saturated rings. The maximum absolute atomic E-state index is 7.98. The summed E-state index contributed by atoms with van der Waals surface area (Å²) >= 11 is 0. The molecule has 0 aliphatic heterocycles. The highest BCUT2D eigenvalue weighted by molar-refractivity contribution is 7.95. The van der Waals surface area contributed by atoms with Crippen LogP contribution in [-0.2, 0) is 4.43 Å². The minimum Gasteiger partial charge on any atom is -1.00 e. The molecule has 0 spiro atoms. The van der Waals surface area contributed by atoms with Crippen molar-refractivity contribution in [3.8, 4) is 0 Å². The molecule has 1 aromatic heterocycles. The van der Waals surface area contributed by atoms with Crippen LogP contribution in [0.25, 0.3) is 6.08 Å². The van der Waals surface area contributed by atoms with E-state index in [1.54, 1.807) is 0 Å². The second kappa shape index (κ2) is 17.0. The summed E-state index contributed by atoms with van der Waals surface area (Å²) in [5, 5.41) is 6.64. The summed E-state index contributed by atoms with van der Waals surface area (Å²) < 4.78 is 7.98. The summed E-state index contributed by atoms with van der Waals surface area (Å²) in [7, 11) is -4.95. The van der Waals surface area contributed by atoms with Gasteiger partial charge in [-0.2, -0.15) is 0 Å². The van der Waals surface area contributed by atoms with E-state index in [4.69, 9.17) is 4.43 Å². The van der Waals surface area contributed by atoms with Crippen molar-refractivity contribution in [2.24, 2.45) is 0 Å². The van der Waals surface area contributed by atoms with Gasteiger partial charge in [-0.15, -0.1) is 0 Å². The quantitative estimate of drug-likeness (QED) is 0.0886. The van der Waals surface area contributed by atoms with Crippen LogP contribution in [-0.4, -0.2) is 25.6 Å². The van der Waals surface area contributed by atoms with E-state index >= 15 is 0 Å². The summed E-state index contributed by atoms with van der Waals surface area (Å²) in [5.41, 5.74) is 2.37. The lowest BCUT2D eigenvalue weighted by molar-refractivity contribution is -0.0000106. The van der Waals surface area contributed by atoms with Crippen molar-refractivity contribution in [1.29, 1.82) is 0 Å². The van der Waals surface area contributed by atoms with Crippen LogP contribution < -0.4 is 50.3 Å². The molecule has 0 bridgehead atoms. The van der Waals surface area contributed by atoms with Gasteiger partial charge in [-0.1, -0.05) is 142 Å². The molecule has 6 aromatic rings. The van der Waals surface area contributed by atoms with Crippen molar-refractivity contribution in [1.82, 2.24) is 4.98 Å². The van der Waals surface area contributed by atoms with Crippen LogP contribution in [0.5, 0.6) is 0 Å². The maximum Gasteiger partial charge on any atom is 0.261 e. The standard InChI is InChI=1S/C45H47NOPSi.HI/c1-37(36-38-30-33-46-34-31-38)44(47-49(45(2,3)4,42-26-16-8-17-27-42)43-28-18-9-19-29-43)32-35-48(39-20-10-5-11-21-39,40-22-12-6-13-23-40)41-24-14-7-15-25-41;/h5-31,33-34,36,44H,32,35H2,1-4H3;1H/q+1;/p-1. The lowest BCUT2D eigenvalue weighted by Crippen LogP contribution is -3.00. The summed E-state index contributed by atoms with van der Waals surface area (Å²) in [4.78, 5) is 4.29. The van der Waals surface area contributed by atoms with E-state index in [0.717, 1.165) is 18.1 Å². The Hall–Kier alpha value is -3.67. The number of pyridine rings is 1. The Morgan fingerprint density at radius 2 is 1.00 bits per heavy atom. The largest absolute Gasteiger partial charge is 1.00 e. The van der Waals surface area contributed by atoms with Gasteiger partial charge in [0.15, 0.2) is 0 Å². The second-order valence-electron chi connectivity index (χ2n) is 13.8. The van der Waals surface area contributed by atoms with E-state index in [1.807, 2.05) is 12.4 Å². The maximum atomic E-state index is 7.98. The van der Waals surface area contributed by atoms with Crippen molar-refractivity contribution < 1.29 is 28.4 Å². The molecule has 6 rings (SSSR count). The monoisotopic (exact) mass is 803 g/mol. The number of nitrogens with zero attached hydrogens (tertiary/aromatic N) is 1. The highest BCUT2D eigenvalue weighted by Crippen LogP contribution is 2.56. The van der Waals surface area contributed by atoms with Crippen LogP contribution in [0.1, 0.15) is 39.7 Å². The number of hydrogen-bond donors (Lipinski definition) is 0. The van der Waals surface area contributed by atoms with Crippen LogP contribution in [0.4, 0.5) is 0 Å². The Balaban J connectivity index is 0.00000486. The molecule has 0 radical (unpaired) electrons. The van der Waals surface area contributed by atoms with Gasteiger partial charge in [-0.3, -0.25) is 4.98 Å². The van der Waals surface area contributed by atoms with Crippen molar-refractivity contribution in [2.75, 3.05) is 6.16 Å². The summed E-state index contributed by atoms with van der Waals surface area (Å²) in [5.74, 6) is 0. The normalized spacial score (nSPS) is 12.9. The van der Waals surface area contributed by atoms with Gasteiger partial charge in [0.25, 0.3) is 8.32 Å². The average molecular weight is 804 g/mol. The second-order valence-corrected chi connectivity index (χ2v) is 21.6. The van der Waals surface area contributed by atoms with Crippen molar-refractivity contribution in [3.05, 3.63) is 187 Å². The van der Waals surface area contributed by atoms with Gasteiger partial charge < -0.3 is 28.4 Å². The van der Waals surface area contributed by atoms with E-state index in [0.29, 0.717) is 0 Å². The van der Waals surface area contributed by atoms with Gasteiger partial charge in [0.05, 0.1) is 12.3 Å². The molecule has 254 valence electrons. The van der Waals surface area contributed by atoms with Crippen LogP contribution in [0.2, 0.25) is 5.04 Å². The van der Waals surface area contributed by atoms with Crippen LogP contribution >= 0.6 is 7.26 Å². The van der Waals surface area contributed by atoms with Gasteiger partial charge in [0.2, 0.25) is 0 Å². The Morgan fingerprint density at radius 1 is 0.620 bits per heavy atom. The zero-order valence-corrected chi connectivity index (χ0v) is 33.5. The number of hydrogen-bond acceptors (Lipinski definition) is 2. The smallest absolute Gasteiger partial charge is 0.261 e. The third-order valence-electron chi connectivity index (χ3n) is 9.66. The summed E-state index contributed by atoms with van der Waals surface area (Å²) in [6, 6.07) is 59.8. The molecule has 1 heterocycles. The molecule has 2 nitrogen and oxygen atoms in total. The number of aromatic nitrogens is 1. The van der Waals surface area contributed by atoms with E-state index in [2.05, 4.69) is 203 Å². The first-order valence-corrected chi connectivity index (χ1v) is 21.1. The number of rotatable bonds is 12. The third-order valence-corrected chi connectivity index (χ3v) is 19.2. The van der Waals surface area contributed by atoms with Crippen LogP contribution in [0.3, 0.4) is 0 Å². The van der Waals surface area contributed by atoms with Gasteiger partial charge in [-0.25, -0.2) is 0 Å². The minimum absolute atomic E-state index is 0. The molecule has 0 saturated carbocycles. The van der Waals surface area contributed by atoms with Gasteiger partial charge >= 0.3 is 0 Å². The topological polar surface area (TPSA) is 22.1 Å². The Morgan fingerprint density at radius 3 is 1.38 bits per heavy atom. The molecule has 50 heavy (non-hydrogen) atoms. The zero-order chi connectivity index (χ0) is 34.2. The summed E-state index contributed by atoms with van der Waals surface area (Å²) in [6.45, 7) is 9.37. The Kier molecular flexibility index (Phi) is 12.8. The molecule has 1 unspecified atom stereocenters. The lowest BCUT2D eigenvalue weighted by atomic mass is 10.1. The van der Waals surface area contributed by atoms with Crippen LogP contribution in [0, 0.1) is 0 Å². The average Bonchev–Trinajstić information content (AvgIpc) is 3.15. The molecular weight excluding hydrogens is 756 g/mol. The fourth-order valence-corrected chi connectivity index (χ4v) is 16.4.